The van der Waals surface area contributed by atoms with Gasteiger partial charge in [-0.1, -0.05) is 31.5 Å². The van der Waals surface area contributed by atoms with Gasteiger partial charge in [-0.2, -0.15) is 0 Å². The minimum Gasteiger partial charge on any atom is -0.384 e. The van der Waals surface area contributed by atoms with Crippen molar-refractivity contribution in [2.24, 2.45) is 0 Å². The van der Waals surface area contributed by atoms with E-state index < -0.39 is 0 Å². The van der Waals surface area contributed by atoms with Gasteiger partial charge in [0.15, 0.2) is 0 Å². The molecule has 0 saturated heterocycles. The molecule has 0 radical (unpaired) electrons. The van der Waals surface area contributed by atoms with Gasteiger partial charge in [0.25, 0.3) is 5.91 Å². The number of nitrogens with one attached hydrogen (secondary N) is 1. The normalized spacial score (nSPS) is 16.3. The maximum Gasteiger partial charge on any atom is 0.277 e. The Morgan fingerprint density at radius 1 is 1.30 bits per heavy atom. The van der Waals surface area contributed by atoms with Crippen LogP contribution in [-0.2, 0) is 6.42 Å². The number of fused-ring (bicyclic) bond motifs is 1. The lowest BCUT2D eigenvalue weighted by Gasteiger charge is -2.22. The Morgan fingerprint density at radius 3 is 2.87 bits per heavy atom. The molecule has 1 aromatic carbocycles. The predicted octanol–water partition coefficient (Wildman–Crippen LogP) is 3.89. The largest absolute Gasteiger partial charge is 0.384 e. The third kappa shape index (κ3) is 3.21. The Kier molecular flexibility index (Phi) is 4.60. The van der Waals surface area contributed by atoms with Crippen molar-refractivity contribution in [3.05, 3.63) is 53.9 Å². The molecule has 2 aromatic rings. The van der Waals surface area contributed by atoms with Crippen molar-refractivity contribution >= 4 is 17.3 Å². The number of unbranched alkanes of at least 4 members (excludes halogenated alkanes) is 1. The third-order valence-corrected chi connectivity index (χ3v) is 4.27. The molecule has 0 saturated carbocycles. The SMILES string of the molecule is CCCCNc1ccc(C(=O)N2c3ccccc3CC2C)nc1. The van der Waals surface area contributed by atoms with Crippen LogP contribution in [0.5, 0.6) is 0 Å². The fourth-order valence-corrected chi connectivity index (χ4v) is 3.03. The summed E-state index contributed by atoms with van der Waals surface area (Å²) in [6.07, 6.45) is 4.93. The molecule has 1 aromatic heterocycles. The molecule has 3 rings (SSSR count). The van der Waals surface area contributed by atoms with E-state index >= 15 is 0 Å². The van der Waals surface area contributed by atoms with E-state index in [1.165, 1.54) is 5.56 Å². The van der Waals surface area contributed by atoms with Crippen molar-refractivity contribution in [3.8, 4) is 0 Å². The molecule has 1 aliphatic rings. The zero-order chi connectivity index (χ0) is 16.2. The van der Waals surface area contributed by atoms with Crippen LogP contribution in [-0.4, -0.2) is 23.5 Å². The fourth-order valence-electron chi connectivity index (χ4n) is 3.03. The molecule has 1 N–H and O–H groups in total. The average molecular weight is 309 g/mol. The second-order valence-electron chi connectivity index (χ2n) is 6.07. The van der Waals surface area contributed by atoms with Gasteiger partial charge in [0.05, 0.1) is 11.9 Å². The third-order valence-electron chi connectivity index (χ3n) is 4.27. The predicted molar refractivity (Wildman–Crippen MR) is 94.1 cm³/mol. The van der Waals surface area contributed by atoms with E-state index in [-0.39, 0.29) is 11.9 Å². The Morgan fingerprint density at radius 2 is 2.13 bits per heavy atom. The van der Waals surface area contributed by atoms with Gasteiger partial charge in [0.2, 0.25) is 0 Å². The smallest absolute Gasteiger partial charge is 0.277 e. The van der Waals surface area contributed by atoms with Gasteiger partial charge in [-0.25, -0.2) is 4.98 Å². The number of anilines is 2. The van der Waals surface area contributed by atoms with Gasteiger partial charge >= 0.3 is 0 Å². The summed E-state index contributed by atoms with van der Waals surface area (Å²) < 4.78 is 0. The summed E-state index contributed by atoms with van der Waals surface area (Å²) in [7, 11) is 0. The van der Waals surface area contributed by atoms with E-state index in [1.807, 2.05) is 35.2 Å². The fraction of sp³-hybridized carbons (Fsp3) is 0.368. The number of benzene rings is 1. The summed E-state index contributed by atoms with van der Waals surface area (Å²) in [6, 6.07) is 12.0. The summed E-state index contributed by atoms with van der Waals surface area (Å²) in [6.45, 7) is 5.18. The molecule has 0 bridgehead atoms. The number of hydrogen-bond donors (Lipinski definition) is 1. The molecule has 0 fully saturated rings. The van der Waals surface area contributed by atoms with E-state index in [9.17, 15) is 4.79 Å². The number of aromatic nitrogens is 1. The Bertz CT molecular complexity index is 681. The minimum atomic E-state index is -0.0254. The van der Waals surface area contributed by atoms with Crippen LogP contribution in [0.4, 0.5) is 11.4 Å². The number of para-hydroxylation sites is 1. The van der Waals surface area contributed by atoms with E-state index in [2.05, 4.69) is 30.2 Å². The number of carbonyl (C=O) groups excluding carboxylic acids is 1. The van der Waals surface area contributed by atoms with Crippen LogP contribution in [0.25, 0.3) is 0 Å². The van der Waals surface area contributed by atoms with Crippen LogP contribution in [0.3, 0.4) is 0 Å². The molecule has 4 heteroatoms. The highest BCUT2D eigenvalue weighted by molar-refractivity contribution is 6.06. The van der Waals surface area contributed by atoms with Crippen LogP contribution >= 0.6 is 0 Å². The van der Waals surface area contributed by atoms with Crippen molar-refractivity contribution in [3.63, 3.8) is 0 Å². The monoisotopic (exact) mass is 309 g/mol. The van der Waals surface area contributed by atoms with Gasteiger partial charge in [-0.05, 0) is 43.5 Å². The summed E-state index contributed by atoms with van der Waals surface area (Å²) in [5.41, 5.74) is 3.70. The molecular formula is C19H23N3O. The van der Waals surface area contributed by atoms with Gasteiger partial charge < -0.3 is 10.2 Å². The van der Waals surface area contributed by atoms with Gasteiger partial charge in [-0.3, -0.25) is 4.79 Å². The molecule has 1 aliphatic heterocycles. The van der Waals surface area contributed by atoms with Crippen molar-refractivity contribution in [2.75, 3.05) is 16.8 Å². The standard InChI is InChI=1S/C19H23N3O/c1-3-4-11-20-16-9-10-17(21-13-16)19(23)22-14(2)12-15-7-5-6-8-18(15)22/h5-10,13-14,20H,3-4,11-12H2,1-2H3. The van der Waals surface area contributed by atoms with Gasteiger partial charge in [0, 0.05) is 18.3 Å². The molecule has 1 atom stereocenters. The topological polar surface area (TPSA) is 45.2 Å². The zero-order valence-electron chi connectivity index (χ0n) is 13.7. The first-order valence-corrected chi connectivity index (χ1v) is 8.32. The maximum absolute atomic E-state index is 12.8. The Hall–Kier alpha value is -2.36. The van der Waals surface area contributed by atoms with Crippen molar-refractivity contribution < 1.29 is 4.79 Å². The highest BCUT2D eigenvalue weighted by Crippen LogP contribution is 2.32. The molecular weight excluding hydrogens is 286 g/mol. The number of rotatable bonds is 5. The van der Waals surface area contributed by atoms with Crippen molar-refractivity contribution in [1.29, 1.82) is 0 Å². The molecule has 0 spiro atoms. The van der Waals surface area contributed by atoms with Crippen molar-refractivity contribution in [2.45, 2.75) is 39.2 Å². The van der Waals surface area contributed by atoms with E-state index in [1.54, 1.807) is 6.20 Å². The van der Waals surface area contributed by atoms with Crippen LogP contribution in [0.15, 0.2) is 42.6 Å². The first-order valence-electron chi connectivity index (χ1n) is 8.32. The molecule has 4 nitrogen and oxygen atoms in total. The van der Waals surface area contributed by atoms with E-state index in [0.717, 1.165) is 37.2 Å². The minimum absolute atomic E-state index is 0.0254. The number of carbonyl (C=O) groups is 1. The molecule has 1 unspecified atom stereocenters. The lowest BCUT2D eigenvalue weighted by atomic mass is 10.1. The van der Waals surface area contributed by atoms with Gasteiger partial charge in [0.1, 0.15) is 5.69 Å². The van der Waals surface area contributed by atoms with Crippen LogP contribution in [0.2, 0.25) is 0 Å². The number of amides is 1. The highest BCUT2D eigenvalue weighted by Gasteiger charge is 2.31. The molecule has 1 amide bonds. The number of nitrogens with zero attached hydrogens (tertiary/aromatic N) is 2. The number of hydrogen-bond acceptors (Lipinski definition) is 3. The lowest BCUT2D eigenvalue weighted by Crippen LogP contribution is -2.36. The average Bonchev–Trinajstić information content (AvgIpc) is 2.91. The number of pyridine rings is 1. The lowest BCUT2D eigenvalue weighted by molar-refractivity contribution is 0.0976. The van der Waals surface area contributed by atoms with Crippen LogP contribution < -0.4 is 10.2 Å². The summed E-state index contributed by atoms with van der Waals surface area (Å²) >= 11 is 0. The Labute approximate surface area is 137 Å². The highest BCUT2D eigenvalue weighted by atomic mass is 16.2. The van der Waals surface area contributed by atoms with Crippen LogP contribution in [0.1, 0.15) is 42.7 Å². The van der Waals surface area contributed by atoms with Crippen molar-refractivity contribution in [1.82, 2.24) is 4.98 Å². The van der Waals surface area contributed by atoms with E-state index in [0.29, 0.717) is 5.69 Å². The molecule has 120 valence electrons. The Balaban J connectivity index is 1.76. The molecule has 0 aliphatic carbocycles. The second-order valence-corrected chi connectivity index (χ2v) is 6.07. The summed E-state index contributed by atoms with van der Waals surface area (Å²) in [5.74, 6) is -0.0254. The maximum atomic E-state index is 12.8. The first kappa shape index (κ1) is 15.5. The first-order chi connectivity index (χ1) is 11.2. The zero-order valence-corrected chi connectivity index (χ0v) is 13.7. The summed E-state index contributed by atoms with van der Waals surface area (Å²) in [5, 5.41) is 3.32. The molecule has 23 heavy (non-hydrogen) atoms. The van der Waals surface area contributed by atoms with Gasteiger partial charge in [-0.15, -0.1) is 0 Å². The quantitative estimate of drug-likeness (QED) is 0.852. The van der Waals surface area contributed by atoms with E-state index in [4.69, 9.17) is 0 Å². The molecule has 2 heterocycles. The summed E-state index contributed by atoms with van der Waals surface area (Å²) in [4.78, 5) is 19.1. The second kappa shape index (κ2) is 6.82. The van der Waals surface area contributed by atoms with Crippen LogP contribution in [0, 0.1) is 0 Å².